The molecule has 0 spiro atoms. The smallest absolute Gasteiger partial charge is 0.356 e. The quantitative estimate of drug-likeness (QED) is 0.238. The second-order valence-corrected chi connectivity index (χ2v) is 8.05. The van der Waals surface area contributed by atoms with Gasteiger partial charge in [-0.25, -0.2) is 0 Å². The molecule has 8 nitrogen and oxygen atoms in total. The van der Waals surface area contributed by atoms with Crippen LogP contribution in [0.1, 0.15) is 0 Å². The normalized spacial score (nSPS) is 11.8. The molecule has 23 heavy (non-hydrogen) atoms. The number of hydrogen-bond donors (Lipinski definition) is 6. The van der Waals surface area contributed by atoms with E-state index in [0.29, 0.717) is 11.1 Å². The van der Waals surface area contributed by atoms with Crippen molar-refractivity contribution in [2.75, 3.05) is 5.32 Å². The van der Waals surface area contributed by atoms with Gasteiger partial charge in [-0.2, -0.15) is 0 Å². The van der Waals surface area contributed by atoms with Gasteiger partial charge >= 0.3 is 15.2 Å². The van der Waals surface area contributed by atoms with Gasteiger partial charge in [-0.15, -0.1) is 0 Å². The third-order valence-corrected chi connectivity index (χ3v) is 4.96. The van der Waals surface area contributed by atoms with Crippen LogP contribution in [0.15, 0.2) is 30.3 Å². The zero-order valence-corrected chi connectivity index (χ0v) is 16.5. The van der Waals surface area contributed by atoms with Crippen LogP contribution < -0.4 is 21.7 Å². The summed E-state index contributed by atoms with van der Waals surface area (Å²) >= 11 is 4.72. The zero-order chi connectivity index (χ0) is 16.7. The van der Waals surface area contributed by atoms with Crippen LogP contribution in [0.25, 0.3) is 10.8 Å². The van der Waals surface area contributed by atoms with Gasteiger partial charge in [-0.05, 0) is 36.5 Å². The first kappa shape index (κ1) is 20.7. The second kappa shape index (κ2) is 7.29. The van der Waals surface area contributed by atoms with Crippen molar-refractivity contribution in [1.82, 2.24) is 0 Å². The molecule has 0 saturated carbocycles. The Morgan fingerprint density at radius 2 is 1.61 bits per heavy atom. The van der Waals surface area contributed by atoms with E-state index in [1.165, 1.54) is 18.2 Å². The van der Waals surface area contributed by atoms with E-state index < -0.39 is 15.2 Å². The second-order valence-electron chi connectivity index (χ2n) is 4.44. The fourth-order valence-corrected chi connectivity index (χ4v) is 3.44. The summed E-state index contributed by atoms with van der Waals surface area (Å²) in [6.45, 7) is 0. The Hall–Kier alpha value is -0.310. The van der Waals surface area contributed by atoms with E-state index in [9.17, 15) is 28.7 Å². The van der Waals surface area contributed by atoms with Crippen molar-refractivity contribution >= 4 is 89.1 Å². The molecule has 0 bridgehead atoms. The summed E-state index contributed by atoms with van der Waals surface area (Å²) in [6.07, 6.45) is 0. The van der Waals surface area contributed by atoms with E-state index in [2.05, 4.69) is 5.32 Å². The Balaban J connectivity index is 0.00000264. The predicted molar refractivity (Wildman–Crippen MR) is 93.5 cm³/mol. The number of rotatable bonds is 3. The van der Waals surface area contributed by atoms with Gasteiger partial charge < -0.3 is 30.6 Å². The summed E-state index contributed by atoms with van der Waals surface area (Å²) in [5.41, 5.74) is 5.75. The maximum absolute atomic E-state index is 11.6. The van der Waals surface area contributed by atoms with Gasteiger partial charge in [0, 0.05) is 46.0 Å². The van der Waals surface area contributed by atoms with E-state index in [1.807, 2.05) is 0 Å². The molecule has 12 heteroatoms. The molecule has 0 aliphatic carbocycles. The molecule has 2 aromatic carbocycles. The van der Waals surface area contributed by atoms with Gasteiger partial charge in [0.1, 0.15) is 0 Å². The van der Waals surface area contributed by atoms with Crippen LogP contribution in [-0.4, -0.2) is 54.2 Å². The number of thiocarbonyl (C=S) groups is 1. The van der Waals surface area contributed by atoms with Crippen molar-refractivity contribution in [2.45, 2.75) is 0 Å². The molecule has 0 aliphatic rings. The molecule has 0 unspecified atom stereocenters. The van der Waals surface area contributed by atoms with E-state index >= 15 is 0 Å². The molecular weight excluding hydrogens is 373 g/mol. The summed E-state index contributed by atoms with van der Waals surface area (Å²) in [6, 6.07) is 6.11. The fourth-order valence-electron chi connectivity index (χ4n) is 2.00. The molecular formula is C11H12N2NaO6P2S. The van der Waals surface area contributed by atoms with Gasteiger partial charge in [-0.3, -0.25) is 9.13 Å². The van der Waals surface area contributed by atoms with Crippen molar-refractivity contribution in [3.63, 3.8) is 0 Å². The molecule has 0 amide bonds. The van der Waals surface area contributed by atoms with Crippen LogP contribution in [0.5, 0.6) is 0 Å². The molecule has 0 aromatic heterocycles. The largest absolute Gasteiger partial charge is 0.376 e. The topological polar surface area (TPSA) is 153 Å². The standard InChI is InChI=1S/C11H12N2O6P2S.Na/c12-11(22)13-9-3-4-10(21(17,18)19)8-5-6(20(14,15)16)1-2-7(8)9;/h1-5H,(H3,12,13,22)(H2,14,15,16)(H2,17,18,19);. The van der Waals surface area contributed by atoms with Crippen LogP contribution >= 0.6 is 27.4 Å². The summed E-state index contributed by atoms with van der Waals surface area (Å²) < 4.78 is 22.9. The molecule has 7 N–H and O–H groups in total. The maximum atomic E-state index is 11.6. The molecule has 119 valence electrons. The van der Waals surface area contributed by atoms with Crippen LogP contribution in [-0.2, 0) is 9.13 Å². The molecule has 2 rings (SSSR count). The number of hydrogen-bond acceptors (Lipinski definition) is 3. The molecule has 1 radical (unpaired) electrons. The average molecular weight is 385 g/mol. The Bertz CT molecular complexity index is 865. The summed E-state index contributed by atoms with van der Waals surface area (Å²) in [5, 5.41) is 2.24. The summed E-state index contributed by atoms with van der Waals surface area (Å²) in [4.78, 5) is 37.2. The van der Waals surface area contributed by atoms with Gasteiger partial charge in [0.25, 0.3) is 0 Å². The SMILES string of the molecule is NC(=S)Nc1ccc(P(=O)(O)O)c2cc(P(=O)(O)O)ccc12.[Na]. The van der Waals surface area contributed by atoms with Crippen molar-refractivity contribution in [2.24, 2.45) is 5.73 Å². The van der Waals surface area contributed by atoms with E-state index in [4.69, 9.17) is 18.0 Å². The fraction of sp³-hybridized carbons (Fsp3) is 0. The zero-order valence-electron chi connectivity index (χ0n) is 11.9. The van der Waals surface area contributed by atoms with Crippen LogP contribution in [0.3, 0.4) is 0 Å². The van der Waals surface area contributed by atoms with E-state index in [1.54, 1.807) is 0 Å². The average Bonchev–Trinajstić information content (AvgIpc) is 2.35. The maximum Gasteiger partial charge on any atom is 0.356 e. The number of anilines is 1. The third kappa shape index (κ3) is 4.84. The van der Waals surface area contributed by atoms with Crippen molar-refractivity contribution in [1.29, 1.82) is 0 Å². The van der Waals surface area contributed by atoms with Gasteiger partial charge in [0.05, 0.1) is 10.6 Å². The van der Waals surface area contributed by atoms with Gasteiger partial charge in [-0.1, -0.05) is 6.07 Å². The number of nitrogens with two attached hydrogens (primary N) is 1. The molecule has 0 saturated heterocycles. The minimum atomic E-state index is -4.63. The van der Waals surface area contributed by atoms with Crippen LogP contribution in [0.2, 0.25) is 0 Å². The van der Waals surface area contributed by atoms with Crippen molar-refractivity contribution in [3.05, 3.63) is 30.3 Å². The molecule has 0 heterocycles. The van der Waals surface area contributed by atoms with E-state index in [-0.39, 0.29) is 50.7 Å². The predicted octanol–water partition coefficient (Wildman–Crippen LogP) is -0.280. The Morgan fingerprint density at radius 3 is 2.09 bits per heavy atom. The number of nitrogens with one attached hydrogen (secondary N) is 1. The first-order chi connectivity index (χ1) is 10.00. The summed E-state index contributed by atoms with van der Waals surface area (Å²) in [5.74, 6) is 0. The number of fused-ring (bicyclic) bond motifs is 1. The minimum Gasteiger partial charge on any atom is -0.376 e. The first-order valence-corrected chi connectivity index (χ1v) is 9.39. The Kier molecular flexibility index (Phi) is 6.57. The Labute approximate surface area is 158 Å². The van der Waals surface area contributed by atoms with Crippen molar-refractivity contribution in [3.8, 4) is 0 Å². The Morgan fingerprint density at radius 1 is 1.00 bits per heavy atom. The minimum absolute atomic E-state index is 0. The first-order valence-electron chi connectivity index (χ1n) is 5.75. The number of benzene rings is 2. The molecule has 0 fully saturated rings. The monoisotopic (exact) mass is 385 g/mol. The van der Waals surface area contributed by atoms with Crippen LogP contribution in [0, 0.1) is 0 Å². The van der Waals surface area contributed by atoms with Crippen LogP contribution in [0.4, 0.5) is 5.69 Å². The molecule has 2 aromatic rings. The van der Waals surface area contributed by atoms with Gasteiger partial charge in [0.15, 0.2) is 5.11 Å². The molecule has 0 aliphatic heterocycles. The summed E-state index contributed by atoms with van der Waals surface area (Å²) in [7, 11) is -9.20. The van der Waals surface area contributed by atoms with Crippen molar-refractivity contribution < 1.29 is 28.7 Å². The molecule has 0 atom stereocenters. The third-order valence-electron chi connectivity index (χ3n) is 2.89. The van der Waals surface area contributed by atoms with E-state index in [0.717, 1.165) is 12.1 Å². The van der Waals surface area contributed by atoms with Gasteiger partial charge in [0.2, 0.25) is 0 Å².